The first kappa shape index (κ1) is 16.2. The van der Waals surface area contributed by atoms with Gasteiger partial charge in [0.2, 0.25) is 0 Å². The zero-order valence-corrected chi connectivity index (χ0v) is 12.2. The van der Waals surface area contributed by atoms with Crippen molar-refractivity contribution in [2.24, 2.45) is 11.1 Å². The number of likely N-dealkylation sites (tertiary alicyclic amines) is 1. The summed E-state index contributed by atoms with van der Waals surface area (Å²) in [5.74, 6) is 0.129. The number of nitrogens with two attached hydrogens (primary N) is 1. The molecule has 1 rings (SSSR count). The SMILES string of the molecule is CCCCNC(=O)N1CCCC(CNS(N)(=O)=O)C1. The van der Waals surface area contributed by atoms with Crippen LogP contribution in [-0.2, 0) is 10.2 Å². The van der Waals surface area contributed by atoms with Crippen LogP contribution in [0.1, 0.15) is 32.6 Å². The molecule has 0 aromatic carbocycles. The molecule has 0 radical (unpaired) electrons. The third-order valence-corrected chi connectivity index (χ3v) is 3.75. The standard InChI is InChI=1S/C11H24N4O3S/c1-2-3-6-13-11(16)15-7-4-5-10(9-15)8-14-19(12,17)18/h10,14H,2-9H2,1H3,(H,13,16)(H2,12,17,18). The van der Waals surface area contributed by atoms with Crippen LogP contribution in [0, 0.1) is 5.92 Å². The van der Waals surface area contributed by atoms with E-state index in [4.69, 9.17) is 5.14 Å². The molecule has 0 saturated carbocycles. The van der Waals surface area contributed by atoms with Crippen LogP contribution in [0.15, 0.2) is 0 Å². The number of carbonyl (C=O) groups excluding carboxylic acids is 1. The highest BCUT2D eigenvalue weighted by Crippen LogP contribution is 2.15. The molecule has 1 aliphatic rings. The fraction of sp³-hybridized carbons (Fsp3) is 0.909. The molecule has 1 heterocycles. The first-order valence-corrected chi connectivity index (χ1v) is 8.27. The molecular weight excluding hydrogens is 268 g/mol. The number of urea groups is 1. The Hall–Kier alpha value is -0.860. The maximum absolute atomic E-state index is 11.9. The zero-order chi connectivity index (χ0) is 14.3. The monoisotopic (exact) mass is 292 g/mol. The van der Waals surface area contributed by atoms with Crippen LogP contribution in [0.2, 0.25) is 0 Å². The second kappa shape index (κ2) is 7.66. The van der Waals surface area contributed by atoms with Crippen molar-refractivity contribution < 1.29 is 13.2 Å². The summed E-state index contributed by atoms with van der Waals surface area (Å²) in [6, 6.07) is -0.0613. The molecular formula is C11H24N4O3S. The maximum atomic E-state index is 11.9. The third kappa shape index (κ3) is 6.74. The summed E-state index contributed by atoms with van der Waals surface area (Å²) in [4.78, 5) is 13.6. The predicted octanol–water partition coefficient (Wildman–Crippen LogP) is 0.00120. The van der Waals surface area contributed by atoms with Gasteiger partial charge >= 0.3 is 6.03 Å². The second-order valence-corrected chi connectivity index (χ2v) is 6.31. The van der Waals surface area contributed by atoms with Crippen molar-refractivity contribution >= 4 is 16.2 Å². The Balaban J connectivity index is 2.34. The number of rotatable bonds is 6. The third-order valence-electron chi connectivity index (χ3n) is 3.19. The van der Waals surface area contributed by atoms with Crippen molar-refractivity contribution in [1.29, 1.82) is 0 Å². The van der Waals surface area contributed by atoms with E-state index in [0.29, 0.717) is 13.1 Å². The quantitative estimate of drug-likeness (QED) is 0.600. The lowest BCUT2D eigenvalue weighted by molar-refractivity contribution is 0.166. The molecule has 8 heteroatoms. The number of nitrogens with one attached hydrogen (secondary N) is 2. The van der Waals surface area contributed by atoms with Gasteiger partial charge in [-0.3, -0.25) is 0 Å². The minimum Gasteiger partial charge on any atom is -0.338 e. The van der Waals surface area contributed by atoms with Gasteiger partial charge in [-0.25, -0.2) is 14.7 Å². The molecule has 0 bridgehead atoms. The van der Waals surface area contributed by atoms with Crippen molar-refractivity contribution in [2.75, 3.05) is 26.2 Å². The van der Waals surface area contributed by atoms with E-state index in [2.05, 4.69) is 17.0 Å². The Morgan fingerprint density at radius 2 is 2.21 bits per heavy atom. The zero-order valence-electron chi connectivity index (χ0n) is 11.4. The summed E-state index contributed by atoms with van der Waals surface area (Å²) in [5, 5.41) is 7.77. The van der Waals surface area contributed by atoms with E-state index >= 15 is 0 Å². The minimum atomic E-state index is -3.65. The molecule has 1 unspecified atom stereocenters. The van der Waals surface area contributed by atoms with Gasteiger partial charge in [-0.2, -0.15) is 8.42 Å². The van der Waals surface area contributed by atoms with E-state index in [9.17, 15) is 13.2 Å². The molecule has 0 aromatic heterocycles. The van der Waals surface area contributed by atoms with Crippen LogP contribution in [0.5, 0.6) is 0 Å². The Bertz CT molecular complexity index is 385. The van der Waals surface area contributed by atoms with Crippen LogP contribution < -0.4 is 15.2 Å². The topological polar surface area (TPSA) is 105 Å². The molecule has 19 heavy (non-hydrogen) atoms. The number of amides is 2. The van der Waals surface area contributed by atoms with Gasteiger partial charge in [0.1, 0.15) is 0 Å². The highest BCUT2D eigenvalue weighted by molar-refractivity contribution is 7.87. The lowest BCUT2D eigenvalue weighted by Gasteiger charge is -2.32. The second-order valence-electron chi connectivity index (χ2n) is 4.93. The van der Waals surface area contributed by atoms with Gasteiger partial charge in [0, 0.05) is 26.2 Å². The molecule has 7 nitrogen and oxygen atoms in total. The van der Waals surface area contributed by atoms with Crippen LogP contribution in [0.3, 0.4) is 0 Å². The first-order valence-electron chi connectivity index (χ1n) is 6.72. The number of carbonyl (C=O) groups is 1. The van der Waals surface area contributed by atoms with Crippen molar-refractivity contribution in [3.63, 3.8) is 0 Å². The van der Waals surface area contributed by atoms with Gasteiger partial charge < -0.3 is 10.2 Å². The maximum Gasteiger partial charge on any atom is 0.317 e. The summed E-state index contributed by atoms with van der Waals surface area (Å²) in [6.45, 7) is 4.34. The average Bonchev–Trinajstić information content (AvgIpc) is 2.36. The summed E-state index contributed by atoms with van der Waals surface area (Å²) in [5.41, 5.74) is 0. The Kier molecular flexibility index (Phi) is 6.53. The van der Waals surface area contributed by atoms with Crippen molar-refractivity contribution in [1.82, 2.24) is 14.9 Å². The number of hydrogen-bond donors (Lipinski definition) is 3. The molecule has 1 aliphatic heterocycles. The van der Waals surface area contributed by atoms with E-state index in [1.165, 1.54) is 0 Å². The molecule has 0 aliphatic carbocycles. The Labute approximate surface area is 115 Å². The van der Waals surface area contributed by atoms with Crippen LogP contribution in [-0.4, -0.2) is 45.5 Å². The molecule has 1 atom stereocenters. The van der Waals surface area contributed by atoms with Gasteiger partial charge in [-0.05, 0) is 25.2 Å². The molecule has 0 spiro atoms. The van der Waals surface area contributed by atoms with E-state index in [1.54, 1.807) is 4.90 Å². The lowest BCUT2D eigenvalue weighted by atomic mass is 9.99. The number of nitrogens with zero attached hydrogens (tertiary/aromatic N) is 1. The van der Waals surface area contributed by atoms with Crippen molar-refractivity contribution in [2.45, 2.75) is 32.6 Å². The molecule has 1 fully saturated rings. The molecule has 2 amide bonds. The van der Waals surface area contributed by atoms with Gasteiger partial charge in [0.05, 0.1) is 0 Å². The van der Waals surface area contributed by atoms with E-state index in [0.717, 1.165) is 32.2 Å². The van der Waals surface area contributed by atoms with E-state index in [1.807, 2.05) is 0 Å². The molecule has 112 valence electrons. The highest BCUT2D eigenvalue weighted by Gasteiger charge is 2.23. The lowest BCUT2D eigenvalue weighted by Crippen LogP contribution is -2.48. The minimum absolute atomic E-state index is 0.0613. The average molecular weight is 292 g/mol. The summed E-state index contributed by atoms with van der Waals surface area (Å²) >= 11 is 0. The van der Waals surface area contributed by atoms with Gasteiger partial charge in [0.25, 0.3) is 10.2 Å². The van der Waals surface area contributed by atoms with E-state index in [-0.39, 0.29) is 18.5 Å². The van der Waals surface area contributed by atoms with Crippen LogP contribution >= 0.6 is 0 Å². The molecule has 1 saturated heterocycles. The van der Waals surface area contributed by atoms with Gasteiger partial charge in [-0.15, -0.1) is 0 Å². The number of unbranched alkanes of at least 4 members (excludes halogenated alkanes) is 1. The van der Waals surface area contributed by atoms with Gasteiger partial charge in [0.15, 0.2) is 0 Å². The van der Waals surface area contributed by atoms with Crippen LogP contribution in [0.25, 0.3) is 0 Å². The number of piperidine rings is 1. The van der Waals surface area contributed by atoms with E-state index < -0.39 is 10.2 Å². The van der Waals surface area contributed by atoms with Gasteiger partial charge in [-0.1, -0.05) is 13.3 Å². The normalized spacial score (nSPS) is 20.3. The highest BCUT2D eigenvalue weighted by atomic mass is 32.2. The fourth-order valence-corrected chi connectivity index (χ4v) is 2.60. The van der Waals surface area contributed by atoms with Crippen LogP contribution in [0.4, 0.5) is 4.79 Å². The summed E-state index contributed by atoms with van der Waals surface area (Å²) in [6.07, 6.45) is 3.80. The largest absolute Gasteiger partial charge is 0.338 e. The smallest absolute Gasteiger partial charge is 0.317 e. The number of hydrogen-bond acceptors (Lipinski definition) is 3. The summed E-state index contributed by atoms with van der Waals surface area (Å²) in [7, 11) is -3.65. The Morgan fingerprint density at radius 3 is 2.84 bits per heavy atom. The predicted molar refractivity (Wildman–Crippen MR) is 73.7 cm³/mol. The van der Waals surface area contributed by atoms with Crippen molar-refractivity contribution in [3.05, 3.63) is 0 Å². The fourth-order valence-electron chi connectivity index (χ4n) is 2.13. The summed E-state index contributed by atoms with van der Waals surface area (Å²) < 4.78 is 24.0. The van der Waals surface area contributed by atoms with Crippen molar-refractivity contribution in [3.8, 4) is 0 Å². The molecule has 0 aromatic rings. The Morgan fingerprint density at radius 1 is 1.47 bits per heavy atom. The molecule has 4 N–H and O–H groups in total. The first-order chi connectivity index (χ1) is 8.92.